The number of carbonyl (C=O) groups excluding carboxylic acids is 1. The summed E-state index contributed by atoms with van der Waals surface area (Å²) in [5.74, 6) is 1.16. The van der Waals surface area contributed by atoms with Gasteiger partial charge in [0.2, 0.25) is 0 Å². The lowest BCUT2D eigenvalue weighted by Crippen LogP contribution is -2.16. The Hall–Kier alpha value is -4.10. The molecule has 0 fully saturated rings. The Bertz CT molecular complexity index is 1340. The number of carbonyl (C=O) groups is 1. The van der Waals surface area contributed by atoms with Gasteiger partial charge >= 0.3 is 0 Å². The number of fused-ring (bicyclic) bond motifs is 1. The molecule has 188 valence electrons. The Kier molecular flexibility index (Phi) is 8.94. The summed E-state index contributed by atoms with van der Waals surface area (Å²) < 4.78 is 5.88. The predicted molar refractivity (Wildman–Crippen MR) is 150 cm³/mol. The van der Waals surface area contributed by atoms with Crippen molar-refractivity contribution in [1.82, 2.24) is 5.32 Å². The minimum Gasteiger partial charge on any atom is -0.494 e. The monoisotopic (exact) mass is 490 g/mol. The maximum Gasteiger partial charge on any atom is 0.149 e. The molecule has 4 rings (SSSR count). The Morgan fingerprint density at radius 3 is 2.54 bits per heavy atom. The fourth-order valence-corrected chi connectivity index (χ4v) is 4.84. The van der Waals surface area contributed by atoms with Crippen LogP contribution in [-0.4, -0.2) is 19.4 Å². The van der Waals surface area contributed by atoms with Gasteiger partial charge in [0.05, 0.1) is 24.4 Å². The second-order valence-corrected chi connectivity index (χ2v) is 9.49. The number of Topliss-reactive ketones (excluding diaryl/α,β-unsaturated/α-hetero) is 1. The van der Waals surface area contributed by atoms with Crippen LogP contribution in [0.3, 0.4) is 0 Å². The average Bonchev–Trinajstić information content (AvgIpc) is 3.10. The fraction of sp³-hybridized carbons (Fsp3) is 0.273. The zero-order valence-electron chi connectivity index (χ0n) is 21.7. The van der Waals surface area contributed by atoms with Crippen LogP contribution in [0.2, 0.25) is 0 Å². The first-order valence-electron chi connectivity index (χ1n) is 13.0. The molecule has 0 spiro atoms. The molecule has 1 aliphatic rings. The molecule has 1 aliphatic carbocycles. The van der Waals surface area contributed by atoms with Crippen molar-refractivity contribution < 1.29 is 9.53 Å². The third-order valence-electron chi connectivity index (χ3n) is 6.77. The molecular weight excluding hydrogens is 456 g/mol. The number of aryl methyl sites for hydroxylation is 2. The van der Waals surface area contributed by atoms with Crippen molar-refractivity contribution in [2.24, 2.45) is 0 Å². The molecule has 0 radical (unpaired) electrons. The third-order valence-corrected chi connectivity index (χ3v) is 6.77. The molecule has 4 nitrogen and oxygen atoms in total. The van der Waals surface area contributed by atoms with Crippen molar-refractivity contribution >= 4 is 11.5 Å². The van der Waals surface area contributed by atoms with Crippen LogP contribution in [0, 0.1) is 18.3 Å². The number of benzene rings is 3. The molecule has 0 aliphatic heterocycles. The molecule has 0 unspecified atom stereocenters. The van der Waals surface area contributed by atoms with E-state index in [4.69, 9.17) is 10.00 Å². The van der Waals surface area contributed by atoms with Gasteiger partial charge in [-0.05, 0) is 73.1 Å². The van der Waals surface area contributed by atoms with E-state index < -0.39 is 0 Å². The number of rotatable bonds is 11. The summed E-state index contributed by atoms with van der Waals surface area (Å²) in [7, 11) is 1.71. The van der Waals surface area contributed by atoms with Crippen molar-refractivity contribution in [3.8, 4) is 17.2 Å². The van der Waals surface area contributed by atoms with Gasteiger partial charge in [-0.15, -0.1) is 0 Å². The fourth-order valence-electron chi connectivity index (χ4n) is 4.84. The first kappa shape index (κ1) is 26.0. The number of nitriles is 1. The number of methoxy groups -OCH3 is 1. The molecule has 0 aromatic heterocycles. The molecule has 0 saturated heterocycles. The van der Waals surface area contributed by atoms with E-state index in [-0.39, 0.29) is 0 Å². The van der Waals surface area contributed by atoms with Crippen molar-refractivity contribution in [2.45, 2.75) is 45.4 Å². The molecule has 0 heterocycles. The maximum absolute atomic E-state index is 12.4. The molecule has 1 N–H and O–H groups in total. The van der Waals surface area contributed by atoms with Gasteiger partial charge in [-0.1, -0.05) is 66.2 Å². The summed E-state index contributed by atoms with van der Waals surface area (Å²) in [5, 5.41) is 12.7. The molecule has 3 aromatic carbocycles. The van der Waals surface area contributed by atoms with Gasteiger partial charge in [0.1, 0.15) is 11.5 Å². The van der Waals surface area contributed by atoms with Crippen LogP contribution in [0.1, 0.15) is 53.5 Å². The van der Waals surface area contributed by atoms with Gasteiger partial charge < -0.3 is 10.1 Å². The van der Waals surface area contributed by atoms with E-state index in [1.165, 1.54) is 16.7 Å². The average molecular weight is 491 g/mol. The molecule has 3 aromatic rings. The Morgan fingerprint density at radius 2 is 1.78 bits per heavy atom. The Balaban J connectivity index is 1.35. The zero-order valence-corrected chi connectivity index (χ0v) is 21.7. The number of nitrogens with one attached hydrogen (secondary N) is 1. The largest absolute Gasteiger partial charge is 0.494 e. The van der Waals surface area contributed by atoms with Crippen LogP contribution in [0.15, 0.2) is 84.6 Å². The van der Waals surface area contributed by atoms with Gasteiger partial charge in [0.25, 0.3) is 0 Å². The highest BCUT2D eigenvalue weighted by molar-refractivity contribution is 5.79. The van der Waals surface area contributed by atoms with E-state index in [9.17, 15) is 4.79 Å². The number of ketones is 1. The number of hydrogen-bond acceptors (Lipinski definition) is 4. The molecule has 0 saturated carbocycles. The molecular formula is C33H34N2O2. The van der Waals surface area contributed by atoms with Crippen LogP contribution in [-0.2, 0) is 22.4 Å². The highest BCUT2D eigenvalue weighted by Crippen LogP contribution is 2.34. The normalized spacial score (nSPS) is 12.5. The lowest BCUT2D eigenvalue weighted by atomic mass is 9.92. The van der Waals surface area contributed by atoms with Crippen molar-refractivity contribution in [2.75, 3.05) is 13.7 Å². The molecule has 4 heteroatoms. The summed E-state index contributed by atoms with van der Waals surface area (Å²) in [6.45, 7) is 2.86. The second-order valence-electron chi connectivity index (χ2n) is 9.49. The summed E-state index contributed by atoms with van der Waals surface area (Å²) in [6.07, 6.45) is 8.88. The summed E-state index contributed by atoms with van der Waals surface area (Å²) >= 11 is 0. The third kappa shape index (κ3) is 6.77. The van der Waals surface area contributed by atoms with E-state index >= 15 is 0 Å². The zero-order chi connectivity index (χ0) is 26.0. The van der Waals surface area contributed by atoms with Gasteiger partial charge in [0.15, 0.2) is 0 Å². The lowest BCUT2D eigenvalue weighted by molar-refractivity contribution is -0.119. The van der Waals surface area contributed by atoms with Crippen molar-refractivity contribution in [3.05, 3.63) is 112 Å². The molecule has 0 atom stereocenters. The van der Waals surface area contributed by atoms with E-state index in [2.05, 4.69) is 72.9 Å². The van der Waals surface area contributed by atoms with Crippen molar-refractivity contribution in [1.29, 1.82) is 5.26 Å². The molecule has 0 amide bonds. The summed E-state index contributed by atoms with van der Waals surface area (Å²) in [5.41, 5.74) is 8.60. The first-order chi connectivity index (χ1) is 18.1. The van der Waals surface area contributed by atoms with Gasteiger partial charge in [0, 0.05) is 24.9 Å². The lowest BCUT2D eigenvalue weighted by Gasteiger charge is -2.17. The van der Waals surface area contributed by atoms with Crippen LogP contribution in [0.25, 0.3) is 16.9 Å². The van der Waals surface area contributed by atoms with Crippen LogP contribution >= 0.6 is 0 Å². The highest BCUT2D eigenvalue weighted by atomic mass is 16.5. The standard InChI is InChI=1S/C33H34N2O2/c1-24-8-5-9-25(22-24)17-20-28(36)10-3-4-21-35-32-14-7-12-30-29(11-6-13-31(30)33(32)37-2)27-18-15-26(23-34)16-19-27/h5-9,11,13-16,18-19,22,35H,3-4,10,12,17,20-21H2,1-2H3. The molecule has 37 heavy (non-hydrogen) atoms. The van der Waals surface area contributed by atoms with E-state index in [1.807, 2.05) is 24.3 Å². The highest BCUT2D eigenvalue weighted by Gasteiger charge is 2.18. The van der Waals surface area contributed by atoms with Crippen LogP contribution in [0.4, 0.5) is 0 Å². The predicted octanol–water partition coefficient (Wildman–Crippen LogP) is 6.92. The van der Waals surface area contributed by atoms with E-state index in [0.29, 0.717) is 24.2 Å². The Labute approximate surface area is 220 Å². The van der Waals surface area contributed by atoms with E-state index in [0.717, 1.165) is 60.4 Å². The first-order valence-corrected chi connectivity index (χ1v) is 13.0. The number of nitrogens with zero attached hydrogens (tertiary/aromatic N) is 1. The second kappa shape index (κ2) is 12.7. The van der Waals surface area contributed by atoms with Crippen LogP contribution in [0.5, 0.6) is 0 Å². The van der Waals surface area contributed by atoms with Crippen molar-refractivity contribution in [3.63, 3.8) is 0 Å². The van der Waals surface area contributed by atoms with E-state index in [1.54, 1.807) is 7.11 Å². The minimum absolute atomic E-state index is 0.330. The SMILES string of the molecule is COC1=C(NCCCCC(=O)CCc2cccc(C)c2)C=CCc2c1cccc2-c1ccc(C#N)cc1. The number of ether oxygens (including phenoxy) is 1. The smallest absolute Gasteiger partial charge is 0.149 e. The number of unbranched alkanes of at least 4 members (excludes halogenated alkanes) is 1. The maximum atomic E-state index is 12.4. The summed E-state index contributed by atoms with van der Waals surface area (Å²) in [4.78, 5) is 12.4. The number of hydrogen-bond donors (Lipinski definition) is 1. The quantitative estimate of drug-likeness (QED) is 0.296. The van der Waals surface area contributed by atoms with Gasteiger partial charge in [-0.2, -0.15) is 5.26 Å². The topological polar surface area (TPSA) is 62.1 Å². The van der Waals surface area contributed by atoms with Gasteiger partial charge in [-0.3, -0.25) is 4.79 Å². The summed E-state index contributed by atoms with van der Waals surface area (Å²) in [6, 6.07) is 24.6. The Morgan fingerprint density at radius 1 is 1.00 bits per heavy atom. The van der Waals surface area contributed by atoms with Gasteiger partial charge in [-0.25, -0.2) is 0 Å². The minimum atomic E-state index is 0.330. The molecule has 0 bridgehead atoms. The number of allylic oxidation sites excluding steroid dienone is 2. The van der Waals surface area contributed by atoms with Crippen LogP contribution < -0.4 is 5.32 Å².